The molecule has 0 saturated heterocycles. The smallest absolute Gasteiger partial charge is 0.130 e. The van der Waals surface area contributed by atoms with Gasteiger partial charge in [0, 0.05) is 31.3 Å². The van der Waals surface area contributed by atoms with Gasteiger partial charge in [-0.1, -0.05) is 30.3 Å². The van der Waals surface area contributed by atoms with Gasteiger partial charge in [-0.15, -0.1) is 0 Å². The Balaban J connectivity index is 1.85. The van der Waals surface area contributed by atoms with Crippen molar-refractivity contribution < 1.29 is 13.9 Å². The lowest BCUT2D eigenvalue weighted by molar-refractivity contribution is 0.0860. The van der Waals surface area contributed by atoms with Gasteiger partial charge < -0.3 is 5.11 Å². The molecule has 0 radical (unpaired) electrons. The lowest BCUT2D eigenvalue weighted by Gasteiger charge is -2.32. The maximum atomic E-state index is 13.8. The number of nitrogens with zero attached hydrogens (tertiary/aromatic N) is 1. The van der Waals surface area contributed by atoms with Gasteiger partial charge in [0.15, 0.2) is 0 Å². The SMILES string of the molecule is OC1CN(Cc2ccccc2)Cc2c(F)cc(F)cc21. The highest BCUT2D eigenvalue weighted by Gasteiger charge is 2.26. The Hall–Kier alpha value is -1.78. The van der Waals surface area contributed by atoms with Crippen molar-refractivity contribution in [2.45, 2.75) is 19.2 Å². The van der Waals surface area contributed by atoms with Gasteiger partial charge in [0.25, 0.3) is 0 Å². The van der Waals surface area contributed by atoms with E-state index in [4.69, 9.17) is 0 Å². The molecule has 1 aliphatic rings. The normalized spacial score (nSPS) is 18.9. The van der Waals surface area contributed by atoms with Gasteiger partial charge in [0.05, 0.1) is 6.10 Å². The summed E-state index contributed by atoms with van der Waals surface area (Å²) < 4.78 is 27.0. The van der Waals surface area contributed by atoms with Gasteiger partial charge in [-0.05, 0) is 17.2 Å². The van der Waals surface area contributed by atoms with E-state index >= 15 is 0 Å². The summed E-state index contributed by atoms with van der Waals surface area (Å²) in [6.45, 7) is 1.40. The third-order valence-electron chi connectivity index (χ3n) is 3.62. The zero-order valence-corrected chi connectivity index (χ0v) is 10.9. The van der Waals surface area contributed by atoms with Gasteiger partial charge in [-0.25, -0.2) is 8.78 Å². The minimum Gasteiger partial charge on any atom is -0.387 e. The van der Waals surface area contributed by atoms with Crippen molar-refractivity contribution in [3.63, 3.8) is 0 Å². The molecule has 104 valence electrons. The molecule has 0 bridgehead atoms. The first-order chi connectivity index (χ1) is 9.63. The van der Waals surface area contributed by atoms with Crippen molar-refractivity contribution in [3.8, 4) is 0 Å². The summed E-state index contributed by atoms with van der Waals surface area (Å²) >= 11 is 0. The summed E-state index contributed by atoms with van der Waals surface area (Å²) in [7, 11) is 0. The van der Waals surface area contributed by atoms with Crippen molar-refractivity contribution in [2.24, 2.45) is 0 Å². The Kier molecular flexibility index (Phi) is 3.51. The number of fused-ring (bicyclic) bond motifs is 1. The summed E-state index contributed by atoms with van der Waals surface area (Å²) in [5, 5.41) is 10.1. The standard InChI is InChI=1S/C16H15F2NO/c17-12-6-13-14(15(18)7-12)9-19(10-16(13)20)8-11-4-2-1-3-5-11/h1-7,16,20H,8-10H2. The second-order valence-corrected chi connectivity index (χ2v) is 5.13. The predicted molar refractivity (Wildman–Crippen MR) is 71.9 cm³/mol. The molecule has 0 aromatic heterocycles. The van der Waals surface area contributed by atoms with Gasteiger partial charge in [0.2, 0.25) is 0 Å². The monoisotopic (exact) mass is 275 g/mol. The van der Waals surface area contributed by atoms with Gasteiger partial charge in [0.1, 0.15) is 11.6 Å². The quantitative estimate of drug-likeness (QED) is 0.910. The van der Waals surface area contributed by atoms with Gasteiger partial charge in [-0.3, -0.25) is 4.90 Å². The van der Waals surface area contributed by atoms with Crippen LogP contribution >= 0.6 is 0 Å². The molecule has 0 saturated carbocycles. The van der Waals surface area contributed by atoms with Crippen LogP contribution in [0.2, 0.25) is 0 Å². The number of halogens is 2. The molecule has 0 aliphatic carbocycles. The number of aliphatic hydroxyl groups excluding tert-OH is 1. The Morgan fingerprint density at radius 3 is 2.65 bits per heavy atom. The average Bonchev–Trinajstić information content (AvgIpc) is 2.41. The number of rotatable bonds is 2. The van der Waals surface area contributed by atoms with Crippen LogP contribution in [0, 0.1) is 11.6 Å². The fourth-order valence-corrected chi connectivity index (χ4v) is 2.68. The van der Waals surface area contributed by atoms with Gasteiger partial charge >= 0.3 is 0 Å². The fourth-order valence-electron chi connectivity index (χ4n) is 2.68. The van der Waals surface area contributed by atoms with E-state index in [1.165, 1.54) is 6.07 Å². The summed E-state index contributed by atoms with van der Waals surface area (Å²) in [6.07, 6.45) is -0.854. The minimum absolute atomic E-state index is 0.367. The van der Waals surface area contributed by atoms with Crippen LogP contribution in [0.3, 0.4) is 0 Å². The molecule has 1 atom stereocenters. The van der Waals surface area contributed by atoms with Crippen LogP contribution < -0.4 is 0 Å². The second kappa shape index (κ2) is 5.31. The topological polar surface area (TPSA) is 23.5 Å². The molecule has 0 amide bonds. The van der Waals surface area contributed by atoms with Crippen LogP contribution in [0.15, 0.2) is 42.5 Å². The van der Waals surface area contributed by atoms with Crippen LogP contribution in [0.5, 0.6) is 0 Å². The zero-order chi connectivity index (χ0) is 14.1. The van der Waals surface area contributed by atoms with E-state index < -0.39 is 17.7 Å². The number of aliphatic hydroxyl groups is 1. The number of β-amino-alcohol motifs (C(OH)–C–C–N with tert-alkyl or cyclic N) is 1. The summed E-state index contributed by atoms with van der Waals surface area (Å²) in [6, 6.07) is 11.9. The van der Waals surface area contributed by atoms with Crippen molar-refractivity contribution in [3.05, 3.63) is 70.8 Å². The highest BCUT2D eigenvalue weighted by atomic mass is 19.1. The molecule has 1 unspecified atom stereocenters. The van der Waals surface area contributed by atoms with Crippen LogP contribution in [0.1, 0.15) is 22.8 Å². The fraction of sp³-hybridized carbons (Fsp3) is 0.250. The zero-order valence-electron chi connectivity index (χ0n) is 10.9. The Labute approximate surface area is 116 Å². The highest BCUT2D eigenvalue weighted by molar-refractivity contribution is 5.33. The summed E-state index contributed by atoms with van der Waals surface area (Å²) in [5.41, 5.74) is 1.86. The maximum absolute atomic E-state index is 13.8. The van der Waals surface area contributed by atoms with E-state index in [2.05, 4.69) is 0 Å². The first-order valence-electron chi connectivity index (χ1n) is 6.55. The molecule has 1 aliphatic heterocycles. The van der Waals surface area contributed by atoms with Crippen molar-refractivity contribution in [1.82, 2.24) is 4.90 Å². The van der Waals surface area contributed by atoms with Crippen LogP contribution in [-0.4, -0.2) is 16.6 Å². The van der Waals surface area contributed by atoms with Crippen LogP contribution in [0.25, 0.3) is 0 Å². The molecule has 2 nitrogen and oxygen atoms in total. The second-order valence-electron chi connectivity index (χ2n) is 5.13. The first kappa shape index (κ1) is 13.2. The molecule has 2 aromatic carbocycles. The lowest BCUT2D eigenvalue weighted by atomic mass is 9.96. The Morgan fingerprint density at radius 1 is 1.15 bits per heavy atom. The van der Waals surface area contributed by atoms with Crippen molar-refractivity contribution in [1.29, 1.82) is 0 Å². The molecule has 2 aromatic rings. The molecule has 4 heteroatoms. The van der Waals surface area contributed by atoms with Crippen molar-refractivity contribution in [2.75, 3.05) is 6.54 Å². The van der Waals surface area contributed by atoms with E-state index in [9.17, 15) is 13.9 Å². The van der Waals surface area contributed by atoms with E-state index in [1.807, 2.05) is 35.2 Å². The Bertz CT molecular complexity index is 615. The highest BCUT2D eigenvalue weighted by Crippen LogP contribution is 2.30. The number of hydrogen-bond acceptors (Lipinski definition) is 2. The molecule has 1 N–H and O–H groups in total. The van der Waals surface area contributed by atoms with Crippen LogP contribution in [0.4, 0.5) is 8.78 Å². The molecule has 0 fully saturated rings. The lowest BCUT2D eigenvalue weighted by Crippen LogP contribution is -2.34. The van der Waals surface area contributed by atoms with Crippen molar-refractivity contribution >= 4 is 0 Å². The van der Waals surface area contributed by atoms with E-state index in [-0.39, 0.29) is 0 Å². The summed E-state index contributed by atoms with van der Waals surface area (Å²) in [4.78, 5) is 1.96. The Morgan fingerprint density at radius 2 is 1.90 bits per heavy atom. The van der Waals surface area contributed by atoms with E-state index in [0.29, 0.717) is 30.8 Å². The third kappa shape index (κ3) is 2.57. The molecule has 0 spiro atoms. The first-order valence-corrected chi connectivity index (χ1v) is 6.55. The molecule has 20 heavy (non-hydrogen) atoms. The maximum Gasteiger partial charge on any atom is 0.130 e. The predicted octanol–water partition coefficient (Wildman–Crippen LogP) is 3.01. The number of hydrogen-bond donors (Lipinski definition) is 1. The van der Waals surface area contributed by atoms with E-state index in [0.717, 1.165) is 11.6 Å². The minimum atomic E-state index is -0.854. The average molecular weight is 275 g/mol. The summed E-state index contributed by atoms with van der Waals surface area (Å²) in [5.74, 6) is -1.23. The third-order valence-corrected chi connectivity index (χ3v) is 3.62. The molecule has 1 heterocycles. The van der Waals surface area contributed by atoms with Gasteiger partial charge in [-0.2, -0.15) is 0 Å². The molecule has 3 rings (SSSR count). The van der Waals surface area contributed by atoms with Crippen LogP contribution in [-0.2, 0) is 13.1 Å². The van der Waals surface area contributed by atoms with E-state index in [1.54, 1.807) is 0 Å². The largest absolute Gasteiger partial charge is 0.387 e. The molecular formula is C16H15F2NO. The number of benzene rings is 2. The molecular weight excluding hydrogens is 260 g/mol.